The van der Waals surface area contributed by atoms with Crippen molar-refractivity contribution in [3.05, 3.63) is 75.6 Å². The molecular weight excluding hydrogens is 604 g/mol. The van der Waals surface area contributed by atoms with Crippen LogP contribution in [0.3, 0.4) is 0 Å². The molecule has 0 radical (unpaired) electrons. The number of unbranched alkanes of at least 4 members (excludes halogenated alkanes) is 1. The first-order valence-electron chi connectivity index (χ1n) is 18.2. The molecule has 0 bridgehead atoms. The molecule has 8 heteroatoms. The van der Waals surface area contributed by atoms with E-state index in [0.717, 1.165) is 84.2 Å². The third-order valence-corrected chi connectivity index (χ3v) is 10.5. The maximum Gasteiger partial charge on any atom is 0.128 e. The van der Waals surface area contributed by atoms with E-state index in [0.29, 0.717) is 37.3 Å². The quantitative estimate of drug-likeness (QED) is 0.197. The molecule has 2 unspecified atom stereocenters. The van der Waals surface area contributed by atoms with Crippen molar-refractivity contribution in [3.63, 3.8) is 0 Å². The van der Waals surface area contributed by atoms with Gasteiger partial charge in [0.15, 0.2) is 0 Å². The molecule has 0 amide bonds. The number of fused-ring (bicyclic) bond motifs is 1. The highest BCUT2D eigenvalue weighted by atomic mass is 19.1. The van der Waals surface area contributed by atoms with E-state index in [2.05, 4.69) is 37.7 Å². The highest BCUT2D eigenvalue weighted by Gasteiger charge is 2.26. The monoisotopic (exact) mass is 668 g/mol. The molecule has 5 rings (SSSR count). The second kappa shape index (κ2) is 18.7. The Hall–Kier alpha value is -2.94. The summed E-state index contributed by atoms with van der Waals surface area (Å²) < 4.78 is 38.5. The molecule has 2 aliphatic heterocycles. The Bertz CT molecular complexity index is 1550. The lowest BCUT2D eigenvalue weighted by atomic mass is 9.83. The van der Waals surface area contributed by atoms with Crippen molar-refractivity contribution in [2.75, 3.05) is 26.4 Å². The van der Waals surface area contributed by atoms with E-state index in [4.69, 9.17) is 9.73 Å². The van der Waals surface area contributed by atoms with Crippen LogP contribution in [0.15, 0.2) is 46.6 Å². The van der Waals surface area contributed by atoms with E-state index in [1.54, 1.807) is 16.8 Å². The Morgan fingerprint density at radius 3 is 2.50 bits per heavy atom. The van der Waals surface area contributed by atoms with Gasteiger partial charge in [-0.25, -0.2) is 8.78 Å². The fourth-order valence-corrected chi connectivity index (χ4v) is 7.05. The summed E-state index contributed by atoms with van der Waals surface area (Å²) in [7, 11) is 1.89. The molecule has 3 N–H and O–H groups in total. The fourth-order valence-electron chi connectivity index (χ4n) is 7.05. The van der Waals surface area contributed by atoms with Crippen LogP contribution in [0.2, 0.25) is 0 Å². The number of hydrogen-bond donors (Lipinski definition) is 1. The number of nitrogens with zero attached hydrogens (tertiary/aromatic N) is 4. The molecule has 3 aromatic rings. The second-order valence-corrected chi connectivity index (χ2v) is 13.5. The first-order chi connectivity index (χ1) is 22.7. The third kappa shape index (κ3) is 9.60. The lowest BCUT2D eigenvalue weighted by molar-refractivity contribution is 0.00745. The molecule has 0 saturated carbocycles. The van der Waals surface area contributed by atoms with Crippen LogP contribution in [0, 0.1) is 36.3 Å². The molecule has 0 aliphatic carbocycles. The average Bonchev–Trinajstić information content (AvgIpc) is 3.35. The number of rotatable bonds is 13. The summed E-state index contributed by atoms with van der Waals surface area (Å²) in [5.41, 5.74) is 7.01. The number of aromatic nitrogens is 2. The summed E-state index contributed by atoms with van der Waals surface area (Å²) in [5, 5.41) is 5.44. The maximum absolute atomic E-state index is 15.2. The van der Waals surface area contributed by atoms with Crippen LogP contribution in [-0.2, 0) is 24.6 Å². The molecular formula is C40H63F2N5O. The van der Waals surface area contributed by atoms with Gasteiger partial charge in [0.1, 0.15) is 11.6 Å². The molecule has 3 heterocycles. The molecule has 1 saturated heterocycles. The van der Waals surface area contributed by atoms with E-state index in [1.807, 2.05) is 46.0 Å². The van der Waals surface area contributed by atoms with Gasteiger partial charge in [-0.15, -0.1) is 0 Å². The number of halogens is 2. The number of hydrogen-bond acceptors (Lipinski definition) is 5. The van der Waals surface area contributed by atoms with E-state index in [-0.39, 0.29) is 25.1 Å². The normalized spacial score (nSPS) is 19.1. The molecule has 2 aliphatic rings. The molecule has 48 heavy (non-hydrogen) atoms. The topological polar surface area (TPSA) is 77.7 Å². The maximum atomic E-state index is 15.2. The average molecular weight is 668 g/mol. The summed E-state index contributed by atoms with van der Waals surface area (Å²) in [6, 6.07) is 9.11. The smallest absolute Gasteiger partial charge is 0.128 e. The van der Waals surface area contributed by atoms with Gasteiger partial charge in [0.2, 0.25) is 0 Å². The van der Waals surface area contributed by atoms with Gasteiger partial charge >= 0.3 is 0 Å². The lowest BCUT2D eigenvalue weighted by Gasteiger charge is -2.35. The summed E-state index contributed by atoms with van der Waals surface area (Å²) in [6.45, 7) is 18.1. The zero-order valence-electron chi connectivity index (χ0n) is 31.0. The molecule has 1 fully saturated rings. The third-order valence-electron chi connectivity index (χ3n) is 10.5. The van der Waals surface area contributed by atoms with Crippen molar-refractivity contribution in [1.82, 2.24) is 20.8 Å². The van der Waals surface area contributed by atoms with Gasteiger partial charge in [-0.1, -0.05) is 59.6 Å². The van der Waals surface area contributed by atoms with Crippen LogP contribution in [-0.4, -0.2) is 46.8 Å². The van der Waals surface area contributed by atoms with Gasteiger partial charge < -0.3 is 10.9 Å². The number of aliphatic imine (C=N–C) groups is 1. The predicted octanol–water partition coefficient (Wildman–Crippen LogP) is 10.4. The number of allylic oxidation sites excluding steroid dienone is 1. The molecule has 6 nitrogen and oxygen atoms in total. The SMILES string of the molecule is CC.CCCCc1ccc(C2=NC(COCN3CCC[C@H](C(C)CC)C3)=C(C)C(CCc3cc4c(C)n(C)nc4cc3F)C2)cc1F.N.[HH]. The Balaban J connectivity index is 0.00000205. The highest BCUT2D eigenvalue weighted by molar-refractivity contribution is 6.02. The minimum Gasteiger partial charge on any atom is -0.360 e. The minimum atomic E-state index is -0.211. The van der Waals surface area contributed by atoms with Crippen molar-refractivity contribution < 1.29 is 14.9 Å². The van der Waals surface area contributed by atoms with Crippen LogP contribution < -0.4 is 6.15 Å². The van der Waals surface area contributed by atoms with Crippen molar-refractivity contribution in [3.8, 4) is 0 Å². The van der Waals surface area contributed by atoms with Crippen LogP contribution in [0.25, 0.3) is 10.9 Å². The fraction of sp³-hybridized carbons (Fsp3) is 0.600. The van der Waals surface area contributed by atoms with Crippen molar-refractivity contribution in [2.24, 2.45) is 29.8 Å². The van der Waals surface area contributed by atoms with Gasteiger partial charge in [0.25, 0.3) is 0 Å². The van der Waals surface area contributed by atoms with Gasteiger partial charge in [-0.2, -0.15) is 5.10 Å². The summed E-state index contributed by atoms with van der Waals surface area (Å²) in [4.78, 5) is 7.52. The zero-order valence-corrected chi connectivity index (χ0v) is 31.0. The number of piperidine rings is 1. The van der Waals surface area contributed by atoms with Gasteiger partial charge in [0, 0.05) is 44.4 Å². The van der Waals surface area contributed by atoms with Gasteiger partial charge in [-0.3, -0.25) is 14.6 Å². The largest absolute Gasteiger partial charge is 0.360 e. The Morgan fingerprint density at radius 2 is 1.79 bits per heavy atom. The van der Waals surface area contributed by atoms with Crippen LogP contribution in [0.5, 0.6) is 0 Å². The van der Waals surface area contributed by atoms with E-state index in [9.17, 15) is 0 Å². The molecule has 2 aromatic carbocycles. The molecule has 0 spiro atoms. The standard InChI is InChI=1S/C38H52F2N4O.C2H6.H3N.H2/c1-7-9-11-28-13-16-31(19-34(28)39)36-20-29(14-15-30-18-33-27(5)43(6)42-37(33)21-35(30)40)26(4)38(41-36)23-45-24-44-17-10-12-32(22-44)25(3)8-2;1-2;;/h13,16,18-19,21,25,29,32H,7-12,14-15,17,20,22-24H2,1-6H3;1-2H3;1H3;1H/t25?,29?,32-;;;/m0.../s1. The minimum absolute atomic E-state index is 0. The van der Waals surface area contributed by atoms with E-state index >= 15 is 8.78 Å². The van der Waals surface area contributed by atoms with E-state index < -0.39 is 0 Å². The predicted molar refractivity (Wildman–Crippen MR) is 199 cm³/mol. The van der Waals surface area contributed by atoms with Gasteiger partial charge in [0.05, 0.1) is 24.6 Å². The first-order valence-corrected chi connectivity index (χ1v) is 18.2. The molecule has 1 aromatic heterocycles. The van der Waals surface area contributed by atoms with Gasteiger partial charge in [-0.05, 0) is 111 Å². The Morgan fingerprint density at radius 1 is 1.04 bits per heavy atom. The lowest BCUT2D eigenvalue weighted by Crippen LogP contribution is -2.39. The summed E-state index contributed by atoms with van der Waals surface area (Å²) >= 11 is 0. The number of ether oxygens (including phenoxy) is 1. The van der Waals surface area contributed by atoms with Crippen molar-refractivity contribution in [2.45, 2.75) is 106 Å². The first kappa shape index (κ1) is 39.5. The Kier molecular flexibility index (Phi) is 15.4. The summed E-state index contributed by atoms with van der Waals surface area (Å²) in [5.74, 6) is 1.24. The molecule has 268 valence electrons. The van der Waals surface area contributed by atoms with E-state index in [1.165, 1.54) is 24.8 Å². The van der Waals surface area contributed by atoms with Crippen LogP contribution in [0.1, 0.15) is 110 Å². The Labute approximate surface area is 290 Å². The second-order valence-electron chi connectivity index (χ2n) is 13.5. The van der Waals surface area contributed by atoms with Crippen molar-refractivity contribution >= 4 is 16.6 Å². The number of likely N-dealkylation sites (tertiary alicyclic amines) is 1. The highest BCUT2D eigenvalue weighted by Crippen LogP contribution is 2.33. The molecule has 3 atom stereocenters. The van der Waals surface area contributed by atoms with Crippen LogP contribution in [0.4, 0.5) is 8.78 Å². The van der Waals surface area contributed by atoms with Crippen LogP contribution >= 0.6 is 0 Å². The number of aryl methyl sites for hydroxylation is 4. The zero-order chi connectivity index (χ0) is 34.1. The number of benzene rings is 2. The van der Waals surface area contributed by atoms with Crippen molar-refractivity contribution in [1.29, 1.82) is 0 Å². The summed E-state index contributed by atoms with van der Waals surface area (Å²) in [6.07, 6.45) is 8.55.